The van der Waals surface area contributed by atoms with E-state index in [-0.39, 0.29) is 10.9 Å². The van der Waals surface area contributed by atoms with E-state index in [2.05, 4.69) is 5.32 Å². The van der Waals surface area contributed by atoms with Crippen molar-refractivity contribution < 1.29 is 8.42 Å². The van der Waals surface area contributed by atoms with Crippen LogP contribution in [0.4, 0.5) is 0 Å². The van der Waals surface area contributed by atoms with Gasteiger partial charge in [-0.3, -0.25) is 0 Å². The van der Waals surface area contributed by atoms with Crippen LogP contribution in [0.25, 0.3) is 0 Å². The molecule has 0 aromatic heterocycles. The SMILES string of the molecule is CC(NC1CCSC1)c1cccc(S(N)(=O)=O)c1. The zero-order valence-electron chi connectivity index (χ0n) is 10.3. The first kappa shape index (κ1) is 13.9. The normalized spacial score (nSPS) is 22.0. The van der Waals surface area contributed by atoms with Crippen molar-refractivity contribution in [1.29, 1.82) is 0 Å². The lowest BCUT2D eigenvalue weighted by atomic mass is 10.1. The Hall–Kier alpha value is -0.560. The summed E-state index contributed by atoms with van der Waals surface area (Å²) < 4.78 is 22.6. The Morgan fingerprint density at radius 3 is 2.89 bits per heavy atom. The highest BCUT2D eigenvalue weighted by Crippen LogP contribution is 2.22. The van der Waals surface area contributed by atoms with Crippen LogP contribution in [-0.4, -0.2) is 26.0 Å². The molecule has 2 rings (SSSR count). The molecule has 1 aliphatic rings. The second-order valence-corrected chi connectivity index (χ2v) is 7.28. The molecule has 1 saturated heterocycles. The van der Waals surface area contributed by atoms with Crippen molar-refractivity contribution in [2.45, 2.75) is 30.3 Å². The highest BCUT2D eigenvalue weighted by Gasteiger charge is 2.18. The summed E-state index contributed by atoms with van der Waals surface area (Å²) in [6.45, 7) is 2.05. The second kappa shape index (κ2) is 5.61. The van der Waals surface area contributed by atoms with Crippen molar-refractivity contribution in [2.24, 2.45) is 5.14 Å². The van der Waals surface area contributed by atoms with Gasteiger partial charge in [0.15, 0.2) is 0 Å². The third kappa shape index (κ3) is 3.47. The predicted molar refractivity (Wildman–Crippen MR) is 75.1 cm³/mol. The molecule has 4 nitrogen and oxygen atoms in total. The van der Waals surface area contributed by atoms with Gasteiger partial charge in [-0.25, -0.2) is 13.6 Å². The van der Waals surface area contributed by atoms with Gasteiger partial charge in [0, 0.05) is 17.8 Å². The minimum atomic E-state index is -3.62. The molecule has 0 spiro atoms. The number of benzene rings is 1. The molecule has 3 N–H and O–H groups in total. The van der Waals surface area contributed by atoms with Crippen molar-refractivity contribution in [3.8, 4) is 0 Å². The fourth-order valence-electron chi connectivity index (χ4n) is 2.08. The molecule has 1 aliphatic heterocycles. The van der Waals surface area contributed by atoms with Gasteiger partial charge in [0.1, 0.15) is 0 Å². The van der Waals surface area contributed by atoms with E-state index in [1.807, 2.05) is 24.8 Å². The number of thioether (sulfide) groups is 1. The zero-order valence-corrected chi connectivity index (χ0v) is 11.9. The van der Waals surface area contributed by atoms with Crippen LogP contribution in [0.2, 0.25) is 0 Å². The highest BCUT2D eigenvalue weighted by molar-refractivity contribution is 7.99. The molecule has 6 heteroatoms. The number of nitrogens with one attached hydrogen (secondary N) is 1. The summed E-state index contributed by atoms with van der Waals surface area (Å²) in [4.78, 5) is 0.175. The molecular weight excluding hydrogens is 268 g/mol. The summed E-state index contributed by atoms with van der Waals surface area (Å²) in [6, 6.07) is 7.48. The smallest absolute Gasteiger partial charge is 0.238 e. The Bertz CT molecular complexity index is 511. The third-order valence-electron chi connectivity index (χ3n) is 3.10. The minimum Gasteiger partial charge on any atom is -0.307 e. The van der Waals surface area contributed by atoms with Crippen LogP contribution in [0.5, 0.6) is 0 Å². The largest absolute Gasteiger partial charge is 0.307 e. The van der Waals surface area contributed by atoms with Gasteiger partial charge in [-0.15, -0.1) is 0 Å². The van der Waals surface area contributed by atoms with Gasteiger partial charge < -0.3 is 5.32 Å². The molecule has 0 bridgehead atoms. The summed E-state index contributed by atoms with van der Waals surface area (Å²) in [7, 11) is -3.62. The topological polar surface area (TPSA) is 72.2 Å². The third-order valence-corrected chi connectivity index (χ3v) is 5.18. The second-order valence-electron chi connectivity index (χ2n) is 4.57. The van der Waals surface area contributed by atoms with Crippen molar-refractivity contribution in [2.75, 3.05) is 11.5 Å². The monoisotopic (exact) mass is 286 g/mol. The first-order chi connectivity index (χ1) is 8.47. The fraction of sp³-hybridized carbons (Fsp3) is 0.500. The van der Waals surface area contributed by atoms with Gasteiger partial charge in [0.05, 0.1) is 4.90 Å². The lowest BCUT2D eigenvalue weighted by Crippen LogP contribution is -2.31. The first-order valence-corrected chi connectivity index (χ1v) is 8.63. The molecule has 100 valence electrons. The van der Waals surface area contributed by atoms with E-state index in [9.17, 15) is 8.42 Å². The fourth-order valence-corrected chi connectivity index (χ4v) is 3.81. The van der Waals surface area contributed by atoms with Gasteiger partial charge in [-0.2, -0.15) is 11.8 Å². The molecule has 1 fully saturated rings. The number of hydrogen-bond acceptors (Lipinski definition) is 4. The Kier molecular flexibility index (Phi) is 4.32. The lowest BCUT2D eigenvalue weighted by molar-refractivity contribution is 0.485. The van der Waals surface area contributed by atoms with Crippen LogP contribution in [0.1, 0.15) is 24.9 Å². The first-order valence-electron chi connectivity index (χ1n) is 5.93. The summed E-state index contributed by atoms with van der Waals surface area (Å²) >= 11 is 1.95. The van der Waals surface area contributed by atoms with Gasteiger partial charge >= 0.3 is 0 Å². The van der Waals surface area contributed by atoms with Crippen molar-refractivity contribution in [3.63, 3.8) is 0 Å². The zero-order chi connectivity index (χ0) is 13.2. The molecule has 2 atom stereocenters. The Morgan fingerprint density at radius 2 is 2.28 bits per heavy atom. The van der Waals surface area contributed by atoms with Crippen LogP contribution in [0.15, 0.2) is 29.2 Å². The van der Waals surface area contributed by atoms with E-state index in [0.717, 1.165) is 11.3 Å². The summed E-state index contributed by atoms with van der Waals surface area (Å²) in [5.74, 6) is 2.32. The van der Waals surface area contributed by atoms with Crippen LogP contribution < -0.4 is 10.5 Å². The molecule has 0 saturated carbocycles. The Labute approximate surface area is 112 Å². The summed E-state index contributed by atoms with van der Waals surface area (Å²) in [6.07, 6.45) is 1.17. The quantitative estimate of drug-likeness (QED) is 0.879. The minimum absolute atomic E-state index is 0.135. The van der Waals surface area contributed by atoms with Gasteiger partial charge in [0.25, 0.3) is 0 Å². The maximum Gasteiger partial charge on any atom is 0.238 e. The molecule has 0 aliphatic carbocycles. The molecule has 0 radical (unpaired) electrons. The van der Waals surface area contributed by atoms with Crippen LogP contribution >= 0.6 is 11.8 Å². The van der Waals surface area contributed by atoms with Crippen molar-refractivity contribution >= 4 is 21.8 Å². The molecule has 0 amide bonds. The number of primary sulfonamides is 1. The molecular formula is C12H18N2O2S2. The Balaban J connectivity index is 2.12. The van der Waals surface area contributed by atoms with E-state index in [1.165, 1.54) is 18.2 Å². The summed E-state index contributed by atoms with van der Waals surface area (Å²) in [5.41, 5.74) is 0.957. The van der Waals surface area contributed by atoms with Crippen LogP contribution in [-0.2, 0) is 10.0 Å². The van der Waals surface area contributed by atoms with E-state index in [4.69, 9.17) is 5.14 Å². The highest BCUT2D eigenvalue weighted by atomic mass is 32.2. The lowest BCUT2D eigenvalue weighted by Gasteiger charge is -2.19. The molecule has 2 unspecified atom stereocenters. The van der Waals surface area contributed by atoms with E-state index in [1.54, 1.807) is 12.1 Å². The van der Waals surface area contributed by atoms with Gasteiger partial charge in [-0.1, -0.05) is 12.1 Å². The molecule has 1 aromatic carbocycles. The maximum absolute atomic E-state index is 11.3. The standard InChI is InChI=1S/C12H18N2O2S2/c1-9(14-11-5-6-17-8-11)10-3-2-4-12(7-10)18(13,15)16/h2-4,7,9,11,14H,5-6,8H2,1H3,(H2,13,15,16). The van der Waals surface area contributed by atoms with Crippen molar-refractivity contribution in [1.82, 2.24) is 5.32 Å². The average Bonchev–Trinajstić information content (AvgIpc) is 2.81. The van der Waals surface area contributed by atoms with E-state index in [0.29, 0.717) is 6.04 Å². The number of nitrogens with two attached hydrogens (primary N) is 1. The number of hydrogen-bond donors (Lipinski definition) is 2. The Morgan fingerprint density at radius 1 is 1.50 bits per heavy atom. The van der Waals surface area contributed by atoms with Gasteiger partial charge in [-0.05, 0) is 36.8 Å². The van der Waals surface area contributed by atoms with E-state index >= 15 is 0 Å². The van der Waals surface area contributed by atoms with Crippen LogP contribution in [0.3, 0.4) is 0 Å². The van der Waals surface area contributed by atoms with Crippen molar-refractivity contribution in [3.05, 3.63) is 29.8 Å². The predicted octanol–water partition coefficient (Wildman–Crippen LogP) is 1.49. The molecule has 1 heterocycles. The number of sulfonamides is 1. The summed E-state index contributed by atoms with van der Waals surface area (Å²) in [5, 5.41) is 8.66. The maximum atomic E-state index is 11.3. The van der Waals surface area contributed by atoms with Gasteiger partial charge in [0.2, 0.25) is 10.0 Å². The molecule has 1 aromatic rings. The van der Waals surface area contributed by atoms with E-state index < -0.39 is 10.0 Å². The molecule has 18 heavy (non-hydrogen) atoms. The average molecular weight is 286 g/mol. The number of rotatable bonds is 4. The van der Waals surface area contributed by atoms with Crippen LogP contribution in [0, 0.1) is 0 Å².